The van der Waals surface area contributed by atoms with E-state index in [1.54, 1.807) is 18.2 Å². The fraction of sp³-hybridized carbons (Fsp3) is 0.176. The number of rotatable bonds is 4. The zero-order valence-corrected chi connectivity index (χ0v) is 13.3. The molecule has 0 spiro atoms. The third-order valence-corrected chi connectivity index (χ3v) is 3.36. The molecular formula is C17H16FN5O. The van der Waals surface area contributed by atoms with E-state index in [0.717, 1.165) is 15.9 Å². The Hall–Kier alpha value is -3.09. The van der Waals surface area contributed by atoms with Crippen molar-refractivity contribution in [3.8, 4) is 11.4 Å². The summed E-state index contributed by atoms with van der Waals surface area (Å²) < 4.78 is 13.7. The lowest BCUT2D eigenvalue weighted by atomic mass is 10.1. The van der Waals surface area contributed by atoms with E-state index in [9.17, 15) is 9.18 Å². The Morgan fingerprint density at radius 1 is 1.17 bits per heavy atom. The van der Waals surface area contributed by atoms with Gasteiger partial charge in [0.05, 0.1) is 5.56 Å². The highest BCUT2D eigenvalue weighted by Crippen LogP contribution is 2.17. The number of hydrogen-bond donors (Lipinski definition) is 1. The van der Waals surface area contributed by atoms with E-state index < -0.39 is 5.82 Å². The van der Waals surface area contributed by atoms with Crippen molar-refractivity contribution >= 4 is 11.6 Å². The van der Waals surface area contributed by atoms with E-state index >= 15 is 0 Å². The fourth-order valence-electron chi connectivity index (χ4n) is 2.44. The van der Waals surface area contributed by atoms with Gasteiger partial charge < -0.3 is 5.32 Å². The van der Waals surface area contributed by atoms with Crippen LogP contribution in [0.15, 0.2) is 42.5 Å². The number of aryl methyl sites for hydroxylation is 2. The third-order valence-electron chi connectivity index (χ3n) is 3.36. The van der Waals surface area contributed by atoms with Crippen LogP contribution in [0.2, 0.25) is 0 Å². The van der Waals surface area contributed by atoms with Gasteiger partial charge in [-0.2, -0.15) is 4.80 Å². The van der Waals surface area contributed by atoms with Crippen molar-refractivity contribution in [3.05, 3.63) is 59.4 Å². The van der Waals surface area contributed by atoms with E-state index in [1.165, 1.54) is 6.07 Å². The van der Waals surface area contributed by atoms with Gasteiger partial charge in [-0.05, 0) is 54.5 Å². The molecular weight excluding hydrogens is 309 g/mol. The summed E-state index contributed by atoms with van der Waals surface area (Å²) in [5, 5.41) is 14.4. The first-order chi connectivity index (χ1) is 11.5. The first kappa shape index (κ1) is 15.8. The summed E-state index contributed by atoms with van der Waals surface area (Å²) >= 11 is 0. The van der Waals surface area contributed by atoms with Gasteiger partial charge in [0, 0.05) is 5.69 Å². The lowest BCUT2D eigenvalue weighted by Gasteiger charge is -2.06. The molecule has 2 aromatic carbocycles. The molecule has 0 radical (unpaired) electrons. The normalized spacial score (nSPS) is 10.6. The summed E-state index contributed by atoms with van der Waals surface area (Å²) in [6.45, 7) is 3.82. The first-order valence-electron chi connectivity index (χ1n) is 7.42. The Balaban J connectivity index is 1.70. The van der Waals surface area contributed by atoms with E-state index in [-0.39, 0.29) is 23.8 Å². The van der Waals surface area contributed by atoms with Gasteiger partial charge in [-0.3, -0.25) is 4.79 Å². The Kier molecular flexibility index (Phi) is 4.33. The monoisotopic (exact) mass is 325 g/mol. The molecule has 6 nitrogen and oxygen atoms in total. The average molecular weight is 325 g/mol. The lowest BCUT2D eigenvalue weighted by Crippen LogP contribution is -2.20. The van der Waals surface area contributed by atoms with Crippen molar-refractivity contribution in [2.24, 2.45) is 0 Å². The molecule has 0 aliphatic heterocycles. The zero-order valence-electron chi connectivity index (χ0n) is 13.3. The van der Waals surface area contributed by atoms with Crippen molar-refractivity contribution in [2.75, 3.05) is 5.32 Å². The highest BCUT2D eigenvalue weighted by Gasteiger charge is 2.12. The Morgan fingerprint density at radius 3 is 2.58 bits per heavy atom. The standard InChI is InChI=1S/C17H16FN5O/c1-11-7-12(2)9-13(8-11)19-16(24)10-23-21-17(20-22-23)14-5-3-4-6-15(14)18/h3-9H,10H2,1-2H3,(H,19,24). The third kappa shape index (κ3) is 3.62. The van der Waals surface area contributed by atoms with Gasteiger partial charge in [0.15, 0.2) is 0 Å². The number of nitrogens with zero attached hydrogens (tertiary/aromatic N) is 4. The summed E-state index contributed by atoms with van der Waals surface area (Å²) in [5.41, 5.74) is 3.09. The first-order valence-corrected chi connectivity index (χ1v) is 7.42. The van der Waals surface area contributed by atoms with Crippen LogP contribution in [0.25, 0.3) is 11.4 Å². The molecule has 1 N–H and O–H groups in total. The number of aromatic nitrogens is 4. The van der Waals surface area contributed by atoms with Crippen LogP contribution in [-0.2, 0) is 11.3 Å². The maximum Gasteiger partial charge on any atom is 0.248 e. The quantitative estimate of drug-likeness (QED) is 0.800. The molecule has 1 aromatic heterocycles. The second kappa shape index (κ2) is 6.57. The van der Waals surface area contributed by atoms with E-state index in [4.69, 9.17) is 0 Å². The maximum atomic E-state index is 13.7. The van der Waals surface area contributed by atoms with E-state index in [0.29, 0.717) is 5.69 Å². The highest BCUT2D eigenvalue weighted by atomic mass is 19.1. The van der Waals surface area contributed by atoms with Crippen LogP contribution in [0.3, 0.4) is 0 Å². The Labute approximate surface area is 138 Å². The molecule has 0 aliphatic carbocycles. The van der Waals surface area contributed by atoms with Crippen molar-refractivity contribution in [1.82, 2.24) is 20.2 Å². The van der Waals surface area contributed by atoms with Crippen molar-refractivity contribution in [1.29, 1.82) is 0 Å². The van der Waals surface area contributed by atoms with Crippen molar-refractivity contribution < 1.29 is 9.18 Å². The molecule has 122 valence electrons. The SMILES string of the molecule is Cc1cc(C)cc(NC(=O)Cn2nnc(-c3ccccc3F)n2)c1. The number of amides is 1. The molecule has 24 heavy (non-hydrogen) atoms. The summed E-state index contributed by atoms with van der Waals surface area (Å²) in [6.07, 6.45) is 0. The summed E-state index contributed by atoms with van der Waals surface area (Å²) in [4.78, 5) is 13.2. The minimum absolute atomic E-state index is 0.103. The van der Waals surface area contributed by atoms with Crippen molar-refractivity contribution in [2.45, 2.75) is 20.4 Å². The molecule has 0 aliphatic rings. The number of anilines is 1. The number of hydrogen-bond acceptors (Lipinski definition) is 4. The molecule has 0 atom stereocenters. The highest BCUT2D eigenvalue weighted by molar-refractivity contribution is 5.90. The molecule has 0 fully saturated rings. The number of benzene rings is 2. The zero-order chi connectivity index (χ0) is 17.1. The molecule has 0 unspecified atom stereocenters. The van der Waals surface area contributed by atoms with Crippen LogP contribution in [0.1, 0.15) is 11.1 Å². The molecule has 1 heterocycles. The topological polar surface area (TPSA) is 72.7 Å². The Bertz CT molecular complexity index is 870. The van der Waals surface area contributed by atoms with Gasteiger partial charge in [0.1, 0.15) is 12.4 Å². The van der Waals surface area contributed by atoms with Crippen LogP contribution >= 0.6 is 0 Å². The van der Waals surface area contributed by atoms with Crippen LogP contribution in [0.5, 0.6) is 0 Å². The van der Waals surface area contributed by atoms with Gasteiger partial charge in [-0.1, -0.05) is 18.2 Å². The fourth-order valence-corrected chi connectivity index (χ4v) is 2.44. The molecule has 0 saturated carbocycles. The lowest BCUT2D eigenvalue weighted by molar-refractivity contribution is -0.117. The molecule has 0 saturated heterocycles. The van der Waals surface area contributed by atoms with Crippen molar-refractivity contribution in [3.63, 3.8) is 0 Å². The number of nitrogens with one attached hydrogen (secondary N) is 1. The molecule has 0 bridgehead atoms. The Morgan fingerprint density at radius 2 is 1.88 bits per heavy atom. The summed E-state index contributed by atoms with van der Waals surface area (Å²) in [6, 6.07) is 11.9. The minimum atomic E-state index is -0.434. The second-order valence-electron chi connectivity index (χ2n) is 5.55. The number of halogens is 1. The van der Waals surface area contributed by atoms with Gasteiger partial charge >= 0.3 is 0 Å². The smallest absolute Gasteiger partial charge is 0.248 e. The average Bonchev–Trinajstić information content (AvgIpc) is 2.94. The number of carbonyl (C=O) groups excluding carboxylic acids is 1. The summed E-state index contributed by atoms with van der Waals surface area (Å²) in [5.74, 6) is -0.568. The van der Waals surface area contributed by atoms with Gasteiger partial charge in [-0.25, -0.2) is 4.39 Å². The van der Waals surface area contributed by atoms with Gasteiger partial charge in [0.2, 0.25) is 11.7 Å². The molecule has 3 aromatic rings. The molecule has 3 rings (SSSR count). The largest absolute Gasteiger partial charge is 0.324 e. The second-order valence-corrected chi connectivity index (χ2v) is 5.55. The van der Waals surface area contributed by atoms with Crippen LogP contribution in [-0.4, -0.2) is 26.1 Å². The van der Waals surface area contributed by atoms with E-state index in [1.807, 2.05) is 32.0 Å². The van der Waals surface area contributed by atoms with Gasteiger partial charge in [-0.15, -0.1) is 10.2 Å². The minimum Gasteiger partial charge on any atom is -0.324 e. The number of tetrazole rings is 1. The van der Waals surface area contributed by atoms with E-state index in [2.05, 4.69) is 20.7 Å². The van der Waals surface area contributed by atoms with Crippen LogP contribution < -0.4 is 5.32 Å². The van der Waals surface area contributed by atoms with Crippen LogP contribution in [0, 0.1) is 19.7 Å². The molecule has 7 heteroatoms. The van der Waals surface area contributed by atoms with Gasteiger partial charge in [0.25, 0.3) is 0 Å². The predicted molar refractivity (Wildman–Crippen MR) is 87.8 cm³/mol. The molecule has 1 amide bonds. The van der Waals surface area contributed by atoms with Crippen LogP contribution in [0.4, 0.5) is 10.1 Å². The number of carbonyl (C=O) groups is 1. The predicted octanol–water partition coefficient (Wildman–Crippen LogP) is 2.73. The summed E-state index contributed by atoms with van der Waals surface area (Å²) in [7, 11) is 0. The maximum absolute atomic E-state index is 13.7.